The molecule has 0 aliphatic carbocycles. The van der Waals surface area contributed by atoms with E-state index in [9.17, 15) is 27.5 Å². The van der Waals surface area contributed by atoms with E-state index in [4.69, 9.17) is 4.74 Å². The molecule has 3 amide bonds. The first-order valence-electron chi connectivity index (χ1n) is 13.5. The van der Waals surface area contributed by atoms with Crippen LogP contribution in [0.3, 0.4) is 0 Å². The minimum atomic E-state index is -3.81. The molecule has 1 aliphatic heterocycles. The normalized spacial score (nSPS) is 18.2. The van der Waals surface area contributed by atoms with E-state index in [-0.39, 0.29) is 42.8 Å². The van der Waals surface area contributed by atoms with Crippen LogP contribution in [0, 0.1) is 11.7 Å². The number of sulfonamides is 1. The van der Waals surface area contributed by atoms with E-state index >= 15 is 0 Å². The smallest absolute Gasteiger partial charge is 0.323 e. The quantitative estimate of drug-likeness (QED) is 0.361. The molecule has 42 heavy (non-hydrogen) atoms. The summed E-state index contributed by atoms with van der Waals surface area (Å²) in [5.74, 6) is -0.591. The van der Waals surface area contributed by atoms with Crippen LogP contribution in [0.5, 0.6) is 5.75 Å². The van der Waals surface area contributed by atoms with Crippen LogP contribution in [0.15, 0.2) is 77.7 Å². The van der Waals surface area contributed by atoms with Crippen molar-refractivity contribution in [2.45, 2.75) is 37.3 Å². The fraction of sp³-hybridized carbons (Fsp3) is 0.333. The van der Waals surface area contributed by atoms with Crippen molar-refractivity contribution in [1.29, 1.82) is 0 Å². The maximum Gasteiger partial charge on any atom is 0.323 e. The molecule has 0 fully saturated rings. The number of halogens is 1. The summed E-state index contributed by atoms with van der Waals surface area (Å²) in [4.78, 5) is 27.7. The number of fused-ring (bicyclic) bond motifs is 1. The van der Waals surface area contributed by atoms with E-state index in [1.807, 2.05) is 6.92 Å². The average molecular weight is 599 g/mol. The van der Waals surface area contributed by atoms with Gasteiger partial charge in [0.1, 0.15) is 17.7 Å². The number of hydrogen-bond donors (Lipinski definition) is 3. The minimum Gasteiger partial charge on any atom is -0.488 e. The number of carbonyl (C=O) groups excluding carboxylic acids is 2. The number of aliphatic hydroxyl groups is 1. The van der Waals surface area contributed by atoms with Crippen LogP contribution >= 0.6 is 0 Å². The highest BCUT2D eigenvalue weighted by Crippen LogP contribution is 2.30. The van der Waals surface area contributed by atoms with Gasteiger partial charge in [0.05, 0.1) is 30.5 Å². The molecule has 0 aromatic heterocycles. The molecule has 0 saturated carbocycles. The number of nitrogens with one attached hydrogen (secondary N) is 2. The van der Waals surface area contributed by atoms with Crippen LogP contribution in [0.2, 0.25) is 0 Å². The molecule has 224 valence electrons. The topological polar surface area (TPSA) is 128 Å². The molecule has 1 aliphatic rings. The molecule has 0 saturated heterocycles. The van der Waals surface area contributed by atoms with Crippen LogP contribution < -0.4 is 15.4 Å². The molecule has 0 radical (unpaired) electrons. The lowest BCUT2D eigenvalue weighted by atomic mass is 10.0. The van der Waals surface area contributed by atoms with Crippen LogP contribution in [0.25, 0.3) is 0 Å². The van der Waals surface area contributed by atoms with Crippen molar-refractivity contribution in [3.63, 3.8) is 0 Å². The van der Waals surface area contributed by atoms with Crippen LogP contribution in [-0.4, -0.2) is 73.6 Å². The highest BCUT2D eigenvalue weighted by Gasteiger charge is 2.33. The number of aliphatic hydroxyl groups excluding tert-OH is 1. The first-order chi connectivity index (χ1) is 20.0. The van der Waals surface area contributed by atoms with E-state index in [0.717, 1.165) is 0 Å². The Balaban J connectivity index is 1.61. The number of hydrogen-bond acceptors (Lipinski definition) is 6. The molecule has 3 aromatic rings. The Morgan fingerprint density at radius 2 is 1.74 bits per heavy atom. The molecule has 3 N–H and O–H groups in total. The van der Waals surface area contributed by atoms with Gasteiger partial charge in [-0.1, -0.05) is 25.1 Å². The van der Waals surface area contributed by atoms with E-state index in [1.54, 1.807) is 48.2 Å². The molecule has 0 unspecified atom stereocenters. The summed E-state index contributed by atoms with van der Waals surface area (Å²) < 4.78 is 47.3. The molecular weight excluding hydrogens is 563 g/mol. The number of nitrogens with zero attached hydrogens (tertiary/aromatic N) is 2. The van der Waals surface area contributed by atoms with Gasteiger partial charge in [-0.3, -0.25) is 4.79 Å². The fourth-order valence-electron chi connectivity index (χ4n) is 4.68. The predicted molar refractivity (Wildman–Crippen MR) is 157 cm³/mol. The lowest BCUT2D eigenvalue weighted by Crippen LogP contribution is -2.48. The van der Waals surface area contributed by atoms with Crippen molar-refractivity contribution < 1.29 is 32.2 Å². The number of urea groups is 1. The summed E-state index contributed by atoms with van der Waals surface area (Å²) in [5.41, 5.74) is 1.27. The maximum atomic E-state index is 13.4. The van der Waals surface area contributed by atoms with Crippen molar-refractivity contribution >= 4 is 33.3 Å². The first-order valence-corrected chi connectivity index (χ1v) is 15.0. The molecule has 3 atom stereocenters. The van der Waals surface area contributed by atoms with Crippen LogP contribution in [-0.2, 0) is 21.2 Å². The molecule has 10 nitrogen and oxygen atoms in total. The Hall–Kier alpha value is -4.00. The summed E-state index contributed by atoms with van der Waals surface area (Å²) in [6, 6.07) is 17.2. The summed E-state index contributed by atoms with van der Waals surface area (Å²) >= 11 is 0. The standard InChI is InChI=1S/C30H35FN4O6S/c1-20-17-35(21(2)19-36)29(37)16-22-15-25(33-30(38)32-24-11-9-23(31)10-12-24)13-14-27(22)41-28(20)18-34(3)42(39,40)26-7-5-4-6-8-26/h4-15,20-21,28,36H,16-19H2,1-3H3,(H2,32,33,38)/t20-,21-,28-/m0/s1. The fourth-order valence-corrected chi connectivity index (χ4v) is 5.88. The van der Waals surface area contributed by atoms with Crippen molar-refractivity contribution in [2.24, 2.45) is 5.92 Å². The summed E-state index contributed by atoms with van der Waals surface area (Å²) in [7, 11) is -2.32. The largest absolute Gasteiger partial charge is 0.488 e. The number of carbonyl (C=O) groups is 2. The van der Waals surface area contributed by atoms with E-state index < -0.39 is 34.0 Å². The average Bonchev–Trinajstić information content (AvgIpc) is 3.01. The van der Waals surface area contributed by atoms with Gasteiger partial charge in [-0.15, -0.1) is 0 Å². The second-order valence-corrected chi connectivity index (χ2v) is 12.4. The summed E-state index contributed by atoms with van der Waals surface area (Å²) in [6.07, 6.45) is -0.709. The molecule has 1 heterocycles. The van der Waals surface area contributed by atoms with Gasteiger partial charge in [0.15, 0.2) is 0 Å². The molecule has 12 heteroatoms. The molecular formula is C30H35FN4O6S. The third kappa shape index (κ3) is 7.44. The van der Waals surface area contributed by atoms with Gasteiger partial charge in [0.2, 0.25) is 15.9 Å². The zero-order valence-electron chi connectivity index (χ0n) is 23.7. The highest BCUT2D eigenvalue weighted by molar-refractivity contribution is 7.89. The second kappa shape index (κ2) is 13.3. The number of benzene rings is 3. The predicted octanol–water partition coefficient (Wildman–Crippen LogP) is 3.94. The van der Waals surface area contributed by atoms with Crippen molar-refractivity contribution in [3.05, 3.63) is 84.2 Å². The van der Waals surface area contributed by atoms with E-state index in [0.29, 0.717) is 22.7 Å². The lowest BCUT2D eigenvalue weighted by molar-refractivity contribution is -0.134. The molecule has 4 rings (SSSR count). The van der Waals surface area contributed by atoms with Gasteiger partial charge < -0.3 is 25.4 Å². The number of anilines is 2. The Labute approximate surface area is 245 Å². The third-order valence-electron chi connectivity index (χ3n) is 7.16. The molecule has 3 aromatic carbocycles. The minimum absolute atomic E-state index is 0.00739. The monoisotopic (exact) mass is 598 g/mol. The Bertz CT molecular complexity index is 1500. The molecule has 0 spiro atoms. The SMILES string of the molecule is C[C@H]1CN([C@@H](C)CO)C(=O)Cc2cc(NC(=O)Nc3ccc(F)cc3)ccc2O[C@H]1CN(C)S(=O)(=O)c1ccccc1. The Morgan fingerprint density at radius 3 is 2.40 bits per heavy atom. The van der Waals surface area contributed by atoms with Crippen LogP contribution in [0.1, 0.15) is 19.4 Å². The van der Waals surface area contributed by atoms with Gasteiger partial charge in [0, 0.05) is 36.4 Å². The van der Waals surface area contributed by atoms with E-state index in [2.05, 4.69) is 10.6 Å². The van der Waals surface area contributed by atoms with Crippen molar-refractivity contribution in [1.82, 2.24) is 9.21 Å². The van der Waals surface area contributed by atoms with Gasteiger partial charge in [-0.25, -0.2) is 17.6 Å². The third-order valence-corrected chi connectivity index (χ3v) is 9.00. The summed E-state index contributed by atoms with van der Waals surface area (Å²) in [6.45, 7) is 3.61. The second-order valence-electron chi connectivity index (χ2n) is 10.4. The highest BCUT2D eigenvalue weighted by atomic mass is 32.2. The molecule has 0 bridgehead atoms. The maximum absolute atomic E-state index is 13.4. The van der Waals surface area contributed by atoms with Crippen molar-refractivity contribution in [2.75, 3.05) is 37.4 Å². The van der Waals surface area contributed by atoms with Gasteiger partial charge in [-0.05, 0) is 61.5 Å². The van der Waals surface area contributed by atoms with Gasteiger partial charge in [0.25, 0.3) is 0 Å². The number of likely N-dealkylation sites (N-methyl/N-ethyl adjacent to an activating group) is 1. The Kier molecular flexibility index (Phi) is 9.81. The lowest BCUT2D eigenvalue weighted by Gasteiger charge is -2.33. The van der Waals surface area contributed by atoms with Gasteiger partial charge in [-0.2, -0.15) is 4.31 Å². The first kappa shape index (κ1) is 30.9. The van der Waals surface area contributed by atoms with Crippen molar-refractivity contribution in [3.8, 4) is 5.75 Å². The van der Waals surface area contributed by atoms with Crippen LogP contribution in [0.4, 0.5) is 20.6 Å². The van der Waals surface area contributed by atoms with E-state index in [1.165, 1.54) is 47.8 Å². The number of amides is 3. The summed E-state index contributed by atoms with van der Waals surface area (Å²) in [5, 5.41) is 15.2. The zero-order chi connectivity index (χ0) is 30.4. The number of rotatable bonds is 8. The number of ether oxygens (including phenoxy) is 1. The zero-order valence-corrected chi connectivity index (χ0v) is 24.5. The van der Waals surface area contributed by atoms with Gasteiger partial charge >= 0.3 is 6.03 Å². The Morgan fingerprint density at radius 1 is 1.10 bits per heavy atom.